The third kappa shape index (κ3) is 2.92. The van der Waals surface area contributed by atoms with Gasteiger partial charge in [-0.3, -0.25) is 4.90 Å². The Labute approximate surface area is 121 Å². The van der Waals surface area contributed by atoms with Gasteiger partial charge in [-0.15, -0.1) is 0 Å². The molecule has 104 valence electrons. The maximum absolute atomic E-state index is 3.49. The summed E-state index contributed by atoms with van der Waals surface area (Å²) in [6, 6.07) is 22.2. The molecule has 2 aromatic rings. The number of likely N-dealkylation sites (tertiary alicyclic amines) is 1. The van der Waals surface area contributed by atoms with Crippen molar-refractivity contribution in [2.45, 2.75) is 18.5 Å². The molecule has 1 saturated heterocycles. The molecule has 0 unspecified atom stereocenters. The zero-order valence-corrected chi connectivity index (χ0v) is 12.0. The van der Waals surface area contributed by atoms with Crippen LogP contribution in [0, 0.1) is 0 Å². The van der Waals surface area contributed by atoms with Crippen LogP contribution in [0.4, 0.5) is 0 Å². The van der Waals surface area contributed by atoms with E-state index in [0.717, 1.165) is 19.6 Å². The van der Waals surface area contributed by atoms with E-state index in [0.29, 0.717) is 12.0 Å². The number of benzene rings is 2. The van der Waals surface area contributed by atoms with Crippen molar-refractivity contribution in [2.24, 2.45) is 0 Å². The fourth-order valence-corrected chi connectivity index (χ4v) is 3.19. The van der Waals surface area contributed by atoms with Crippen LogP contribution in [0.15, 0.2) is 60.7 Å². The predicted molar refractivity (Wildman–Crippen MR) is 83.7 cm³/mol. The molecule has 1 N–H and O–H groups in total. The van der Waals surface area contributed by atoms with Crippen LogP contribution >= 0.6 is 0 Å². The quantitative estimate of drug-likeness (QED) is 0.915. The van der Waals surface area contributed by atoms with Gasteiger partial charge in [-0.1, -0.05) is 60.7 Å². The maximum atomic E-state index is 3.49. The normalized spacial score (nSPS) is 23.1. The minimum Gasteiger partial charge on any atom is -0.315 e. The van der Waals surface area contributed by atoms with Gasteiger partial charge in [-0.2, -0.15) is 0 Å². The van der Waals surface area contributed by atoms with Gasteiger partial charge in [0.1, 0.15) is 0 Å². The van der Waals surface area contributed by atoms with Gasteiger partial charge in [0.25, 0.3) is 0 Å². The summed E-state index contributed by atoms with van der Waals surface area (Å²) in [5.41, 5.74) is 2.85. The summed E-state index contributed by atoms with van der Waals surface area (Å²) in [4.78, 5) is 2.55. The zero-order valence-electron chi connectivity index (χ0n) is 12.0. The summed E-state index contributed by atoms with van der Waals surface area (Å²) in [5, 5.41) is 3.49. The van der Waals surface area contributed by atoms with Crippen molar-refractivity contribution in [3.05, 3.63) is 71.8 Å². The molecule has 0 amide bonds. The van der Waals surface area contributed by atoms with E-state index in [1.807, 2.05) is 0 Å². The fourth-order valence-electron chi connectivity index (χ4n) is 3.19. The molecular formula is C18H22N2. The van der Waals surface area contributed by atoms with Crippen molar-refractivity contribution in [1.82, 2.24) is 10.2 Å². The van der Waals surface area contributed by atoms with Crippen LogP contribution in [-0.4, -0.2) is 31.1 Å². The minimum atomic E-state index is 0.543. The molecule has 20 heavy (non-hydrogen) atoms. The number of nitrogens with zero attached hydrogens (tertiary/aromatic N) is 1. The van der Waals surface area contributed by atoms with Crippen LogP contribution in [0.1, 0.15) is 17.0 Å². The summed E-state index contributed by atoms with van der Waals surface area (Å²) in [6.45, 7) is 3.29. The molecule has 2 heteroatoms. The standard InChI is InChI=1S/C18H22N2/c1-19-18-14-20(12-15-8-4-2-5-9-15)13-17(18)16-10-6-3-7-11-16/h2-11,17-19H,12-14H2,1H3/t17-,18+/m0/s1. The molecule has 1 fully saturated rings. The van der Waals surface area contributed by atoms with Gasteiger partial charge in [-0.05, 0) is 18.2 Å². The van der Waals surface area contributed by atoms with E-state index in [1.165, 1.54) is 11.1 Å². The van der Waals surface area contributed by atoms with Gasteiger partial charge in [-0.25, -0.2) is 0 Å². The number of nitrogens with one attached hydrogen (secondary N) is 1. The van der Waals surface area contributed by atoms with Crippen LogP contribution in [0.25, 0.3) is 0 Å². The lowest BCUT2D eigenvalue weighted by Gasteiger charge is -2.17. The van der Waals surface area contributed by atoms with E-state index in [4.69, 9.17) is 0 Å². The lowest BCUT2D eigenvalue weighted by atomic mass is 9.94. The van der Waals surface area contributed by atoms with Crippen LogP contribution in [0.3, 0.4) is 0 Å². The lowest BCUT2D eigenvalue weighted by Crippen LogP contribution is -2.32. The third-order valence-electron chi connectivity index (χ3n) is 4.24. The Kier molecular flexibility index (Phi) is 4.14. The van der Waals surface area contributed by atoms with Crippen molar-refractivity contribution in [3.8, 4) is 0 Å². The summed E-state index contributed by atoms with van der Waals surface area (Å²) in [7, 11) is 2.08. The predicted octanol–water partition coefficient (Wildman–Crippen LogP) is 2.87. The molecule has 3 rings (SSSR count). The van der Waals surface area contributed by atoms with E-state index < -0.39 is 0 Å². The third-order valence-corrected chi connectivity index (χ3v) is 4.24. The number of likely N-dealkylation sites (N-methyl/N-ethyl adjacent to an activating group) is 1. The van der Waals surface area contributed by atoms with Crippen LogP contribution in [-0.2, 0) is 6.54 Å². The second-order valence-electron chi connectivity index (χ2n) is 5.59. The lowest BCUT2D eigenvalue weighted by molar-refractivity contribution is 0.320. The van der Waals surface area contributed by atoms with Crippen LogP contribution < -0.4 is 5.32 Å². The van der Waals surface area contributed by atoms with Gasteiger partial charge in [0, 0.05) is 31.6 Å². The van der Waals surface area contributed by atoms with Gasteiger partial charge in [0.2, 0.25) is 0 Å². The van der Waals surface area contributed by atoms with E-state index in [-0.39, 0.29) is 0 Å². The summed E-state index contributed by atoms with van der Waals surface area (Å²) in [6.07, 6.45) is 0. The number of rotatable bonds is 4. The van der Waals surface area contributed by atoms with Crippen LogP contribution in [0.2, 0.25) is 0 Å². The highest BCUT2D eigenvalue weighted by molar-refractivity contribution is 5.24. The molecule has 0 bridgehead atoms. The number of hydrogen-bond acceptors (Lipinski definition) is 2. The molecule has 1 heterocycles. The first-order valence-corrected chi connectivity index (χ1v) is 7.35. The molecule has 1 aliphatic heterocycles. The Morgan fingerprint density at radius 3 is 2.25 bits per heavy atom. The Morgan fingerprint density at radius 1 is 0.950 bits per heavy atom. The average molecular weight is 266 g/mol. The highest BCUT2D eigenvalue weighted by atomic mass is 15.2. The first kappa shape index (κ1) is 13.3. The van der Waals surface area contributed by atoms with Crippen LogP contribution in [0.5, 0.6) is 0 Å². The molecule has 2 aromatic carbocycles. The Bertz CT molecular complexity index is 524. The topological polar surface area (TPSA) is 15.3 Å². The Morgan fingerprint density at radius 2 is 1.60 bits per heavy atom. The Balaban J connectivity index is 1.71. The molecule has 0 aliphatic carbocycles. The second-order valence-corrected chi connectivity index (χ2v) is 5.59. The van der Waals surface area contributed by atoms with Gasteiger partial charge < -0.3 is 5.32 Å². The zero-order chi connectivity index (χ0) is 13.8. The second kappa shape index (κ2) is 6.21. The van der Waals surface area contributed by atoms with Crippen molar-refractivity contribution >= 4 is 0 Å². The summed E-state index contributed by atoms with van der Waals surface area (Å²) < 4.78 is 0. The minimum absolute atomic E-state index is 0.543. The van der Waals surface area contributed by atoms with E-state index in [1.54, 1.807) is 0 Å². The maximum Gasteiger partial charge on any atom is 0.0273 e. The van der Waals surface area contributed by atoms with E-state index >= 15 is 0 Å². The van der Waals surface area contributed by atoms with E-state index in [9.17, 15) is 0 Å². The molecule has 0 aromatic heterocycles. The largest absolute Gasteiger partial charge is 0.315 e. The molecule has 0 spiro atoms. The Hall–Kier alpha value is -1.64. The molecule has 2 atom stereocenters. The fraction of sp³-hybridized carbons (Fsp3) is 0.333. The van der Waals surface area contributed by atoms with Crippen molar-refractivity contribution in [2.75, 3.05) is 20.1 Å². The highest BCUT2D eigenvalue weighted by Gasteiger charge is 2.32. The first-order chi connectivity index (χ1) is 9.86. The molecule has 2 nitrogen and oxygen atoms in total. The van der Waals surface area contributed by atoms with Crippen molar-refractivity contribution in [3.63, 3.8) is 0 Å². The average Bonchev–Trinajstić information content (AvgIpc) is 2.92. The monoisotopic (exact) mass is 266 g/mol. The molecule has 0 saturated carbocycles. The summed E-state index contributed by atoms with van der Waals surface area (Å²) in [5.74, 6) is 0.588. The smallest absolute Gasteiger partial charge is 0.0273 e. The first-order valence-electron chi connectivity index (χ1n) is 7.35. The number of hydrogen-bond donors (Lipinski definition) is 1. The summed E-state index contributed by atoms with van der Waals surface area (Å²) >= 11 is 0. The van der Waals surface area contributed by atoms with Crippen molar-refractivity contribution < 1.29 is 0 Å². The SMILES string of the molecule is CN[C@@H]1CN(Cc2ccccc2)C[C@H]1c1ccccc1. The van der Waals surface area contributed by atoms with Gasteiger partial charge in [0.15, 0.2) is 0 Å². The van der Waals surface area contributed by atoms with Gasteiger partial charge >= 0.3 is 0 Å². The van der Waals surface area contributed by atoms with Gasteiger partial charge in [0.05, 0.1) is 0 Å². The molecule has 0 radical (unpaired) electrons. The highest BCUT2D eigenvalue weighted by Crippen LogP contribution is 2.28. The van der Waals surface area contributed by atoms with Crippen molar-refractivity contribution in [1.29, 1.82) is 0 Å². The van der Waals surface area contributed by atoms with E-state index in [2.05, 4.69) is 77.9 Å². The molecule has 1 aliphatic rings. The molecular weight excluding hydrogens is 244 g/mol.